The Morgan fingerprint density at radius 1 is 0.839 bits per heavy atom. The first-order valence-electron chi connectivity index (χ1n) is 17.4. The molecule has 18 heteroatoms. The molecule has 0 bridgehead atoms. The van der Waals surface area contributed by atoms with Crippen LogP contribution >= 0.6 is 8.60 Å². The van der Waals surface area contributed by atoms with Gasteiger partial charge < -0.3 is 38.6 Å². The maximum atomic E-state index is 14.3. The number of benzene rings is 2. The van der Waals surface area contributed by atoms with E-state index < -0.39 is 82.0 Å². The van der Waals surface area contributed by atoms with Crippen LogP contribution in [0.3, 0.4) is 0 Å². The highest BCUT2D eigenvalue weighted by atomic mass is 31.2. The number of hydrogen-bond acceptors (Lipinski definition) is 12. The van der Waals surface area contributed by atoms with Gasteiger partial charge in [0, 0.05) is 33.2 Å². The molecule has 0 fully saturated rings. The monoisotopic (exact) mass is 812 g/mol. The SMILES string of the molecule is C/C=C\C=C(/C)COP(OCc1ccccc1)OC(CCNC(=O)CNC(=O)C(F)(F)F)(OC(C)CC(COC(C)=O)OC(C)=O)C(=O)OCc1ccccc1. The van der Waals surface area contributed by atoms with Crippen molar-refractivity contribution in [3.05, 3.63) is 95.6 Å². The van der Waals surface area contributed by atoms with Crippen molar-refractivity contribution in [3.8, 4) is 0 Å². The van der Waals surface area contributed by atoms with Crippen molar-refractivity contribution in [1.29, 1.82) is 0 Å². The van der Waals surface area contributed by atoms with Gasteiger partial charge in [-0.05, 0) is 37.5 Å². The van der Waals surface area contributed by atoms with Gasteiger partial charge in [-0.2, -0.15) is 13.2 Å². The van der Waals surface area contributed by atoms with Crippen LogP contribution in [-0.4, -0.2) is 80.2 Å². The number of esters is 3. The lowest BCUT2D eigenvalue weighted by Crippen LogP contribution is -2.50. The van der Waals surface area contributed by atoms with E-state index in [4.69, 9.17) is 32.5 Å². The Labute approximate surface area is 325 Å². The molecule has 2 amide bonds. The quantitative estimate of drug-likeness (QED) is 0.0423. The molecule has 0 saturated heterocycles. The number of allylic oxidation sites excluding steroid dienone is 3. The fourth-order valence-corrected chi connectivity index (χ4v) is 5.74. The molecular formula is C38H48F3N2O12P. The Balaban J connectivity index is 2.56. The van der Waals surface area contributed by atoms with E-state index in [1.807, 2.05) is 19.1 Å². The molecule has 0 radical (unpaired) electrons. The fraction of sp³-hybridized carbons (Fsp3) is 0.447. The maximum absolute atomic E-state index is 14.3. The summed E-state index contributed by atoms with van der Waals surface area (Å²) >= 11 is 0. The molecule has 0 aliphatic rings. The van der Waals surface area contributed by atoms with Crippen molar-refractivity contribution in [2.45, 2.75) is 84.8 Å². The van der Waals surface area contributed by atoms with E-state index in [1.54, 1.807) is 73.7 Å². The molecule has 2 rings (SSSR count). The molecule has 2 aromatic carbocycles. The molecule has 0 aromatic heterocycles. The number of carbonyl (C=O) groups is 5. The third-order valence-electron chi connectivity index (χ3n) is 7.13. The van der Waals surface area contributed by atoms with Gasteiger partial charge >= 0.3 is 38.6 Å². The summed E-state index contributed by atoms with van der Waals surface area (Å²) < 4.78 is 79.0. The third kappa shape index (κ3) is 19.3. The second-order valence-electron chi connectivity index (χ2n) is 12.2. The van der Waals surface area contributed by atoms with Crippen LogP contribution < -0.4 is 10.6 Å². The van der Waals surface area contributed by atoms with Gasteiger partial charge in [-0.1, -0.05) is 78.9 Å². The summed E-state index contributed by atoms with van der Waals surface area (Å²) in [6.07, 6.45) is -2.58. The topological polar surface area (TPSA) is 174 Å². The van der Waals surface area contributed by atoms with Crippen LogP contribution in [0.1, 0.15) is 58.6 Å². The van der Waals surface area contributed by atoms with E-state index in [9.17, 15) is 37.1 Å². The van der Waals surface area contributed by atoms with Gasteiger partial charge in [-0.15, -0.1) is 0 Å². The van der Waals surface area contributed by atoms with E-state index in [-0.39, 0.29) is 32.8 Å². The van der Waals surface area contributed by atoms with E-state index in [0.717, 1.165) is 18.1 Å². The van der Waals surface area contributed by atoms with Crippen LogP contribution in [0.5, 0.6) is 0 Å². The van der Waals surface area contributed by atoms with Gasteiger partial charge in [0.15, 0.2) is 0 Å². The minimum absolute atomic E-state index is 0.0257. The largest absolute Gasteiger partial charge is 0.471 e. The molecule has 0 aliphatic heterocycles. The molecule has 308 valence electrons. The number of amides is 2. The zero-order valence-corrected chi connectivity index (χ0v) is 32.7. The zero-order chi connectivity index (χ0) is 41.6. The Kier molecular flexibility index (Phi) is 21.0. The fourth-order valence-electron chi connectivity index (χ4n) is 4.55. The molecule has 4 atom stereocenters. The summed E-state index contributed by atoms with van der Waals surface area (Å²) in [5, 5.41) is 3.82. The summed E-state index contributed by atoms with van der Waals surface area (Å²) in [5.41, 5.74) is 2.07. The van der Waals surface area contributed by atoms with Crippen LogP contribution in [0.25, 0.3) is 0 Å². The summed E-state index contributed by atoms with van der Waals surface area (Å²) in [4.78, 5) is 61.6. The molecule has 0 aliphatic carbocycles. The van der Waals surface area contributed by atoms with Crippen molar-refractivity contribution < 1.29 is 69.7 Å². The number of nitrogens with one attached hydrogen (secondary N) is 2. The number of alkyl halides is 3. The Morgan fingerprint density at radius 2 is 1.46 bits per heavy atom. The van der Waals surface area contributed by atoms with Crippen molar-refractivity contribution in [2.75, 3.05) is 26.3 Å². The predicted molar refractivity (Wildman–Crippen MR) is 197 cm³/mol. The molecule has 0 saturated carbocycles. The first kappa shape index (κ1) is 47.5. The van der Waals surface area contributed by atoms with E-state index in [0.29, 0.717) is 5.56 Å². The number of carbonyl (C=O) groups excluding carboxylic acids is 5. The van der Waals surface area contributed by atoms with Crippen LogP contribution in [0, 0.1) is 0 Å². The van der Waals surface area contributed by atoms with Gasteiger partial charge in [0.2, 0.25) is 5.91 Å². The zero-order valence-electron chi connectivity index (χ0n) is 31.8. The van der Waals surface area contributed by atoms with Gasteiger partial charge in [0.05, 0.1) is 25.9 Å². The summed E-state index contributed by atoms with van der Waals surface area (Å²) in [7, 11) is -2.50. The van der Waals surface area contributed by atoms with Crippen molar-refractivity contribution in [2.24, 2.45) is 0 Å². The lowest BCUT2D eigenvalue weighted by Gasteiger charge is -2.36. The number of rotatable bonds is 24. The summed E-state index contributed by atoms with van der Waals surface area (Å²) in [5.74, 6) is -8.23. The lowest BCUT2D eigenvalue weighted by molar-refractivity contribution is -0.239. The number of halogens is 3. The standard InChI is InChI=1S/C38H48F3N2O12P/c1-6-7-14-27(2)23-51-56(52-25-32-17-12-9-13-18-32)55-37(36(48)50-24-31-15-10-8-11-16-31,19-20-42-34(46)22-43-35(47)38(39,40)41)54-28(3)21-33(53-30(5)45)26-49-29(4)44/h6-18,28,33H,19-26H2,1-5H3,(H,42,46)(H,43,47)/b7-6-,27-14+. The summed E-state index contributed by atoms with van der Waals surface area (Å²) in [6, 6.07) is 17.6. The van der Waals surface area contributed by atoms with Gasteiger partial charge in [0.25, 0.3) is 5.79 Å². The smallest absolute Gasteiger partial charge is 0.462 e. The van der Waals surface area contributed by atoms with Gasteiger partial charge in [-0.25, -0.2) is 4.79 Å². The molecule has 56 heavy (non-hydrogen) atoms. The number of ether oxygens (including phenoxy) is 4. The second-order valence-corrected chi connectivity index (χ2v) is 13.3. The number of hydrogen-bond donors (Lipinski definition) is 2. The molecule has 2 N–H and O–H groups in total. The van der Waals surface area contributed by atoms with Crippen LogP contribution in [-0.2, 0) is 69.7 Å². The average Bonchev–Trinajstić information content (AvgIpc) is 3.15. The third-order valence-corrected chi connectivity index (χ3v) is 8.25. The Morgan fingerprint density at radius 3 is 2.04 bits per heavy atom. The highest BCUT2D eigenvalue weighted by molar-refractivity contribution is 7.41. The van der Waals surface area contributed by atoms with Crippen molar-refractivity contribution >= 4 is 38.3 Å². The Hall–Kier alpha value is -4.67. The van der Waals surface area contributed by atoms with E-state index >= 15 is 0 Å². The molecule has 14 nitrogen and oxygen atoms in total. The van der Waals surface area contributed by atoms with Gasteiger partial charge in [-0.3, -0.25) is 23.7 Å². The predicted octanol–water partition coefficient (Wildman–Crippen LogP) is 5.90. The van der Waals surface area contributed by atoms with Gasteiger partial charge in [0.1, 0.15) is 19.3 Å². The molecule has 0 spiro atoms. The molecule has 0 heterocycles. The van der Waals surface area contributed by atoms with E-state index in [2.05, 4.69) is 5.32 Å². The van der Waals surface area contributed by atoms with Crippen LogP contribution in [0.4, 0.5) is 13.2 Å². The highest BCUT2D eigenvalue weighted by Crippen LogP contribution is 2.47. The minimum atomic E-state index is -5.22. The van der Waals surface area contributed by atoms with Crippen LogP contribution in [0.2, 0.25) is 0 Å². The highest BCUT2D eigenvalue weighted by Gasteiger charge is 2.48. The molecule has 2 aromatic rings. The van der Waals surface area contributed by atoms with E-state index in [1.165, 1.54) is 19.2 Å². The normalized spacial score (nSPS) is 14.5. The first-order valence-corrected chi connectivity index (χ1v) is 18.5. The molecule has 4 unspecified atom stereocenters. The second kappa shape index (κ2) is 24.8. The van der Waals surface area contributed by atoms with Crippen molar-refractivity contribution in [3.63, 3.8) is 0 Å². The van der Waals surface area contributed by atoms with Crippen LogP contribution in [0.15, 0.2) is 84.5 Å². The summed E-state index contributed by atoms with van der Waals surface area (Å²) in [6.45, 7) is 5.30. The lowest BCUT2D eigenvalue weighted by atomic mass is 10.1. The van der Waals surface area contributed by atoms with Crippen molar-refractivity contribution in [1.82, 2.24) is 10.6 Å². The minimum Gasteiger partial charge on any atom is -0.462 e. The Bertz CT molecular complexity index is 1610. The first-order chi connectivity index (χ1) is 26.5. The maximum Gasteiger partial charge on any atom is 0.471 e. The molecular weight excluding hydrogens is 764 g/mol. The average molecular weight is 813 g/mol.